The van der Waals surface area contributed by atoms with E-state index in [4.69, 9.17) is 9.47 Å². The molecular formula is C21H22N2O4. The van der Waals surface area contributed by atoms with Crippen molar-refractivity contribution in [1.29, 1.82) is 0 Å². The molecule has 0 aliphatic rings. The van der Waals surface area contributed by atoms with E-state index in [1.807, 2.05) is 36.5 Å². The zero-order valence-electron chi connectivity index (χ0n) is 15.2. The molecule has 140 valence electrons. The third-order valence-corrected chi connectivity index (χ3v) is 4.04. The molecule has 0 bridgehead atoms. The van der Waals surface area contributed by atoms with Gasteiger partial charge < -0.3 is 19.8 Å². The van der Waals surface area contributed by atoms with Crippen LogP contribution in [0.25, 0.3) is 10.9 Å². The molecule has 6 heteroatoms. The SMILES string of the molecule is CCOC(=O)CCCOc1ccccc1NC(=O)c1ccc2[nH]ccc2c1. The van der Waals surface area contributed by atoms with Crippen LogP contribution >= 0.6 is 0 Å². The average molecular weight is 366 g/mol. The summed E-state index contributed by atoms with van der Waals surface area (Å²) in [4.78, 5) is 27.0. The number of rotatable bonds is 8. The maximum absolute atomic E-state index is 12.6. The molecule has 2 aromatic carbocycles. The number of amides is 1. The van der Waals surface area contributed by atoms with Crippen molar-refractivity contribution in [2.75, 3.05) is 18.5 Å². The lowest BCUT2D eigenvalue weighted by Crippen LogP contribution is -2.13. The van der Waals surface area contributed by atoms with Gasteiger partial charge in [0.2, 0.25) is 0 Å². The van der Waals surface area contributed by atoms with Crippen LogP contribution in [0.3, 0.4) is 0 Å². The summed E-state index contributed by atoms with van der Waals surface area (Å²) in [7, 11) is 0. The molecule has 0 unspecified atom stereocenters. The number of aromatic nitrogens is 1. The summed E-state index contributed by atoms with van der Waals surface area (Å²) in [5, 5.41) is 3.87. The monoisotopic (exact) mass is 366 g/mol. The highest BCUT2D eigenvalue weighted by molar-refractivity contribution is 6.06. The fourth-order valence-corrected chi connectivity index (χ4v) is 2.72. The van der Waals surface area contributed by atoms with Gasteiger partial charge >= 0.3 is 5.97 Å². The van der Waals surface area contributed by atoms with Crippen molar-refractivity contribution >= 4 is 28.5 Å². The first-order chi connectivity index (χ1) is 13.2. The first-order valence-corrected chi connectivity index (χ1v) is 8.93. The zero-order valence-corrected chi connectivity index (χ0v) is 15.2. The molecule has 1 heterocycles. The molecule has 0 saturated heterocycles. The molecular weight excluding hydrogens is 344 g/mol. The van der Waals surface area contributed by atoms with Gasteiger partial charge in [0.05, 0.1) is 18.9 Å². The number of H-pyrrole nitrogens is 1. The minimum absolute atomic E-state index is 0.208. The summed E-state index contributed by atoms with van der Waals surface area (Å²) in [6.45, 7) is 2.52. The van der Waals surface area contributed by atoms with E-state index in [9.17, 15) is 9.59 Å². The van der Waals surface area contributed by atoms with E-state index < -0.39 is 0 Å². The van der Waals surface area contributed by atoms with E-state index in [1.54, 1.807) is 25.1 Å². The Morgan fingerprint density at radius 3 is 2.81 bits per heavy atom. The molecule has 0 fully saturated rings. The largest absolute Gasteiger partial charge is 0.491 e. The summed E-state index contributed by atoms with van der Waals surface area (Å²) in [6.07, 6.45) is 2.69. The number of ether oxygens (including phenoxy) is 2. The van der Waals surface area contributed by atoms with Crippen LogP contribution in [0.2, 0.25) is 0 Å². The number of carbonyl (C=O) groups is 2. The van der Waals surface area contributed by atoms with Crippen molar-refractivity contribution in [1.82, 2.24) is 4.98 Å². The topological polar surface area (TPSA) is 80.4 Å². The summed E-state index contributed by atoms with van der Waals surface area (Å²) in [5.74, 6) is 0.126. The highest BCUT2D eigenvalue weighted by Crippen LogP contribution is 2.25. The number of anilines is 1. The van der Waals surface area contributed by atoms with E-state index >= 15 is 0 Å². The van der Waals surface area contributed by atoms with Crippen molar-refractivity contribution in [3.8, 4) is 5.75 Å². The number of para-hydroxylation sites is 2. The number of nitrogens with one attached hydrogen (secondary N) is 2. The van der Waals surface area contributed by atoms with Crippen molar-refractivity contribution in [2.24, 2.45) is 0 Å². The first-order valence-electron chi connectivity index (χ1n) is 8.93. The van der Waals surface area contributed by atoms with Crippen LogP contribution in [0.1, 0.15) is 30.1 Å². The van der Waals surface area contributed by atoms with Crippen LogP contribution in [-0.2, 0) is 9.53 Å². The lowest BCUT2D eigenvalue weighted by atomic mass is 10.1. The van der Waals surface area contributed by atoms with Gasteiger partial charge in [-0.3, -0.25) is 9.59 Å². The Labute approximate surface area is 157 Å². The van der Waals surface area contributed by atoms with Gasteiger partial charge in [-0.25, -0.2) is 0 Å². The highest BCUT2D eigenvalue weighted by Gasteiger charge is 2.11. The Kier molecular flexibility index (Phi) is 6.10. The van der Waals surface area contributed by atoms with Crippen molar-refractivity contribution in [3.05, 3.63) is 60.3 Å². The van der Waals surface area contributed by atoms with Crippen LogP contribution in [0.15, 0.2) is 54.7 Å². The second kappa shape index (κ2) is 8.89. The van der Waals surface area contributed by atoms with Crippen LogP contribution < -0.4 is 10.1 Å². The molecule has 1 aromatic heterocycles. The van der Waals surface area contributed by atoms with Crippen LogP contribution in [0, 0.1) is 0 Å². The van der Waals surface area contributed by atoms with Gasteiger partial charge in [-0.2, -0.15) is 0 Å². The number of benzene rings is 2. The third kappa shape index (κ3) is 4.88. The van der Waals surface area contributed by atoms with E-state index in [1.165, 1.54) is 0 Å². The smallest absolute Gasteiger partial charge is 0.305 e. The second-order valence-electron chi connectivity index (χ2n) is 5.99. The van der Waals surface area contributed by atoms with Gasteiger partial charge in [0, 0.05) is 29.1 Å². The predicted molar refractivity (Wildman–Crippen MR) is 104 cm³/mol. The number of aromatic amines is 1. The maximum atomic E-state index is 12.6. The predicted octanol–water partition coefficient (Wildman–Crippen LogP) is 4.14. The molecule has 0 saturated carbocycles. The van der Waals surface area contributed by atoms with Gasteiger partial charge in [0.15, 0.2) is 0 Å². The van der Waals surface area contributed by atoms with E-state index in [0.717, 1.165) is 10.9 Å². The molecule has 2 N–H and O–H groups in total. The fourth-order valence-electron chi connectivity index (χ4n) is 2.72. The number of hydrogen-bond donors (Lipinski definition) is 2. The molecule has 27 heavy (non-hydrogen) atoms. The van der Waals surface area contributed by atoms with Gasteiger partial charge in [0.1, 0.15) is 5.75 Å². The standard InChI is InChI=1S/C21H22N2O4/c1-2-26-20(24)8-5-13-27-19-7-4-3-6-18(19)23-21(25)16-9-10-17-15(14-16)11-12-22-17/h3-4,6-7,9-12,14,22H,2,5,8,13H2,1H3,(H,23,25). The minimum Gasteiger partial charge on any atom is -0.491 e. The fraction of sp³-hybridized carbons (Fsp3) is 0.238. The van der Waals surface area contributed by atoms with E-state index in [0.29, 0.717) is 43.1 Å². The molecule has 6 nitrogen and oxygen atoms in total. The maximum Gasteiger partial charge on any atom is 0.305 e. The number of fused-ring (bicyclic) bond motifs is 1. The number of hydrogen-bond acceptors (Lipinski definition) is 4. The lowest BCUT2D eigenvalue weighted by Gasteiger charge is -2.12. The molecule has 3 rings (SSSR count). The van der Waals surface area contributed by atoms with Crippen LogP contribution in [0.5, 0.6) is 5.75 Å². The molecule has 0 aliphatic carbocycles. The van der Waals surface area contributed by atoms with Gasteiger partial charge in [-0.15, -0.1) is 0 Å². The molecule has 0 spiro atoms. The van der Waals surface area contributed by atoms with Gasteiger partial charge in [-0.05, 0) is 49.7 Å². The van der Waals surface area contributed by atoms with Crippen molar-refractivity contribution < 1.29 is 19.1 Å². The van der Waals surface area contributed by atoms with E-state index in [2.05, 4.69) is 10.3 Å². The quantitative estimate of drug-likeness (QED) is 0.464. The van der Waals surface area contributed by atoms with Crippen LogP contribution in [0.4, 0.5) is 5.69 Å². The van der Waals surface area contributed by atoms with Crippen molar-refractivity contribution in [3.63, 3.8) is 0 Å². The summed E-state index contributed by atoms with van der Waals surface area (Å²) in [6, 6.07) is 14.6. The molecule has 0 radical (unpaired) electrons. The molecule has 1 amide bonds. The molecule has 3 aromatic rings. The number of esters is 1. The van der Waals surface area contributed by atoms with Crippen molar-refractivity contribution in [2.45, 2.75) is 19.8 Å². The summed E-state index contributed by atoms with van der Waals surface area (Å²) < 4.78 is 10.6. The van der Waals surface area contributed by atoms with Crippen LogP contribution in [-0.4, -0.2) is 30.1 Å². The average Bonchev–Trinajstić information content (AvgIpc) is 3.14. The normalized spacial score (nSPS) is 10.6. The van der Waals surface area contributed by atoms with Gasteiger partial charge in [0.25, 0.3) is 5.91 Å². The Bertz CT molecular complexity index is 933. The zero-order chi connectivity index (χ0) is 19.1. The minimum atomic E-state index is -0.233. The lowest BCUT2D eigenvalue weighted by molar-refractivity contribution is -0.143. The van der Waals surface area contributed by atoms with E-state index in [-0.39, 0.29) is 11.9 Å². The number of carbonyl (C=O) groups excluding carboxylic acids is 2. The third-order valence-electron chi connectivity index (χ3n) is 4.04. The Morgan fingerprint density at radius 1 is 1.11 bits per heavy atom. The first kappa shape index (κ1) is 18.5. The summed E-state index contributed by atoms with van der Waals surface area (Å²) in [5.41, 5.74) is 2.14. The highest BCUT2D eigenvalue weighted by atomic mass is 16.5. The Hall–Kier alpha value is -3.28. The molecule has 0 atom stereocenters. The van der Waals surface area contributed by atoms with Gasteiger partial charge in [-0.1, -0.05) is 12.1 Å². The Morgan fingerprint density at radius 2 is 1.96 bits per heavy atom. The Balaban J connectivity index is 1.61. The molecule has 0 aliphatic heterocycles. The second-order valence-corrected chi connectivity index (χ2v) is 5.99. The summed E-state index contributed by atoms with van der Waals surface area (Å²) >= 11 is 0.